The second-order valence-corrected chi connectivity index (χ2v) is 6.22. The number of aliphatic carboxylic acids is 1. The van der Waals surface area contributed by atoms with Crippen molar-refractivity contribution in [3.63, 3.8) is 0 Å². The lowest BCUT2D eigenvalue weighted by molar-refractivity contribution is -0.137. The third kappa shape index (κ3) is 5.83. The van der Waals surface area contributed by atoms with Crippen molar-refractivity contribution < 1.29 is 23.1 Å². The van der Waals surface area contributed by atoms with E-state index in [0.29, 0.717) is 0 Å². The van der Waals surface area contributed by atoms with E-state index >= 15 is 0 Å². The summed E-state index contributed by atoms with van der Waals surface area (Å²) in [6.07, 6.45) is 0.0297. The molecule has 116 valence electrons. The Kier molecular flexibility index (Phi) is 8.33. The molecule has 0 aromatic carbocycles. The van der Waals surface area contributed by atoms with Crippen molar-refractivity contribution in [2.24, 2.45) is 0 Å². The highest BCUT2D eigenvalue weighted by Crippen LogP contribution is 2.13. The van der Waals surface area contributed by atoms with Crippen molar-refractivity contribution in [3.05, 3.63) is 0 Å². The molecule has 0 spiro atoms. The van der Waals surface area contributed by atoms with Gasteiger partial charge in [-0.1, -0.05) is 0 Å². The molecule has 0 radical (unpaired) electrons. The van der Waals surface area contributed by atoms with Crippen LogP contribution in [0.15, 0.2) is 0 Å². The molecule has 0 saturated heterocycles. The first-order valence-corrected chi connectivity index (χ1v) is 7.51. The fourth-order valence-corrected chi connectivity index (χ4v) is 3.25. The average Bonchev–Trinajstić information content (AvgIpc) is 2.35. The Morgan fingerprint density at radius 3 is 2.40 bits per heavy atom. The van der Waals surface area contributed by atoms with Gasteiger partial charge < -0.3 is 9.84 Å². The van der Waals surface area contributed by atoms with Crippen LogP contribution in [-0.2, 0) is 19.7 Å². The van der Waals surface area contributed by atoms with Crippen molar-refractivity contribution in [2.75, 3.05) is 33.4 Å². The maximum atomic E-state index is 12.4. The van der Waals surface area contributed by atoms with Crippen LogP contribution in [0.4, 0.5) is 0 Å². The summed E-state index contributed by atoms with van der Waals surface area (Å²) in [4.78, 5) is 10.8. The molecule has 8 nitrogen and oxygen atoms in total. The largest absolute Gasteiger partial charge is 0.480 e. The lowest BCUT2D eigenvalue weighted by Crippen LogP contribution is -2.50. The number of carboxylic acid groups (broad SMARTS) is 1. The summed E-state index contributed by atoms with van der Waals surface area (Å²) in [5.41, 5.74) is 0. The number of hydrogen-bond donors (Lipinski definition) is 1. The highest BCUT2D eigenvalue weighted by Gasteiger charge is 2.32. The Labute approximate surface area is 119 Å². The van der Waals surface area contributed by atoms with Crippen molar-refractivity contribution in [2.45, 2.75) is 26.3 Å². The Bertz CT molecular complexity index is 443. The average molecular weight is 307 g/mol. The summed E-state index contributed by atoms with van der Waals surface area (Å²) in [6, 6.07) is 1.38. The summed E-state index contributed by atoms with van der Waals surface area (Å²) in [6.45, 7) is 2.83. The molecule has 0 atom stereocenters. The third-order valence-electron chi connectivity index (χ3n) is 2.51. The van der Waals surface area contributed by atoms with Crippen LogP contribution in [0, 0.1) is 11.3 Å². The molecule has 0 aromatic rings. The number of methoxy groups -OCH3 is 1. The number of nitrogens with zero attached hydrogens (tertiary/aromatic N) is 3. The van der Waals surface area contributed by atoms with Gasteiger partial charge in [0.1, 0.15) is 6.54 Å². The molecule has 0 aliphatic rings. The zero-order valence-corrected chi connectivity index (χ0v) is 12.8. The van der Waals surface area contributed by atoms with E-state index in [1.165, 1.54) is 7.11 Å². The van der Waals surface area contributed by atoms with Gasteiger partial charge in [-0.3, -0.25) is 4.79 Å². The number of hydrogen-bond acceptors (Lipinski definition) is 5. The monoisotopic (exact) mass is 307 g/mol. The Hall–Kier alpha value is -1.21. The first-order valence-electron chi connectivity index (χ1n) is 6.12. The molecular formula is C11H21N3O5S. The highest BCUT2D eigenvalue weighted by molar-refractivity contribution is 7.86. The van der Waals surface area contributed by atoms with E-state index in [0.717, 1.165) is 8.61 Å². The van der Waals surface area contributed by atoms with Gasteiger partial charge in [-0.2, -0.15) is 22.3 Å². The van der Waals surface area contributed by atoms with Gasteiger partial charge in [-0.05, 0) is 13.8 Å². The quantitative estimate of drug-likeness (QED) is 0.603. The van der Waals surface area contributed by atoms with Crippen LogP contribution in [0.5, 0.6) is 0 Å². The molecule has 0 amide bonds. The van der Waals surface area contributed by atoms with Crippen LogP contribution in [0.2, 0.25) is 0 Å². The van der Waals surface area contributed by atoms with Crippen LogP contribution < -0.4 is 0 Å². The lowest BCUT2D eigenvalue weighted by atomic mass is 10.4. The minimum atomic E-state index is -3.95. The van der Waals surface area contributed by atoms with E-state index < -0.39 is 28.8 Å². The molecule has 0 fully saturated rings. The topological polar surface area (TPSA) is 111 Å². The molecule has 0 rings (SSSR count). The van der Waals surface area contributed by atoms with E-state index in [2.05, 4.69) is 0 Å². The zero-order chi connectivity index (χ0) is 15.8. The van der Waals surface area contributed by atoms with Gasteiger partial charge in [0, 0.05) is 32.7 Å². The number of rotatable bonds is 10. The van der Waals surface area contributed by atoms with Crippen molar-refractivity contribution >= 4 is 16.2 Å². The van der Waals surface area contributed by atoms with E-state index in [1.54, 1.807) is 13.8 Å². The summed E-state index contributed by atoms with van der Waals surface area (Å²) in [7, 11) is -2.51. The minimum absolute atomic E-state index is 0.00499. The maximum Gasteiger partial charge on any atom is 0.318 e. The predicted molar refractivity (Wildman–Crippen MR) is 72.1 cm³/mol. The third-order valence-corrected chi connectivity index (χ3v) is 4.67. The van der Waals surface area contributed by atoms with Gasteiger partial charge in [-0.15, -0.1) is 0 Å². The molecule has 0 aromatic heterocycles. The first-order chi connectivity index (χ1) is 9.27. The van der Waals surface area contributed by atoms with Crippen LogP contribution >= 0.6 is 0 Å². The standard InChI is InChI=1S/C11H21N3O5S/c1-10(2)14(9-11(15)16)20(17,18)13(6-4-5-12)7-8-19-3/h10H,4,6-9H2,1-3H3,(H,15,16). The molecule has 20 heavy (non-hydrogen) atoms. The van der Waals surface area contributed by atoms with Gasteiger partial charge in [0.25, 0.3) is 10.2 Å². The highest BCUT2D eigenvalue weighted by atomic mass is 32.2. The van der Waals surface area contributed by atoms with Crippen molar-refractivity contribution in [1.82, 2.24) is 8.61 Å². The van der Waals surface area contributed by atoms with E-state index in [9.17, 15) is 13.2 Å². The predicted octanol–water partition coefficient (Wildman–Crippen LogP) is -0.112. The SMILES string of the molecule is COCCN(CCC#N)S(=O)(=O)N(CC(=O)O)C(C)C. The van der Waals surface area contributed by atoms with E-state index in [-0.39, 0.29) is 26.1 Å². The molecular weight excluding hydrogens is 286 g/mol. The summed E-state index contributed by atoms with van der Waals surface area (Å²) < 4.78 is 31.7. The van der Waals surface area contributed by atoms with Crippen LogP contribution in [-0.4, -0.2) is 67.5 Å². The number of carbonyl (C=O) groups is 1. The summed E-state index contributed by atoms with van der Waals surface area (Å²) >= 11 is 0. The van der Waals surface area contributed by atoms with Crippen LogP contribution in [0.3, 0.4) is 0 Å². The van der Waals surface area contributed by atoms with Gasteiger partial charge in [0.2, 0.25) is 0 Å². The Morgan fingerprint density at radius 2 is 2.00 bits per heavy atom. The molecule has 0 aliphatic carbocycles. The second kappa shape index (κ2) is 8.86. The van der Waals surface area contributed by atoms with Gasteiger partial charge in [0.05, 0.1) is 12.7 Å². The Morgan fingerprint density at radius 1 is 1.40 bits per heavy atom. The van der Waals surface area contributed by atoms with E-state index in [4.69, 9.17) is 15.1 Å². The number of nitriles is 1. The molecule has 0 aliphatic heterocycles. The maximum absolute atomic E-state index is 12.4. The normalized spacial score (nSPS) is 12.1. The molecule has 0 bridgehead atoms. The molecule has 0 unspecified atom stereocenters. The van der Waals surface area contributed by atoms with Crippen LogP contribution in [0.25, 0.3) is 0 Å². The van der Waals surface area contributed by atoms with Crippen molar-refractivity contribution in [3.8, 4) is 6.07 Å². The van der Waals surface area contributed by atoms with Crippen LogP contribution in [0.1, 0.15) is 20.3 Å². The van der Waals surface area contributed by atoms with E-state index in [1.807, 2.05) is 6.07 Å². The second-order valence-electron chi connectivity index (χ2n) is 4.34. The first kappa shape index (κ1) is 18.8. The molecule has 0 heterocycles. The fourth-order valence-electron chi connectivity index (χ4n) is 1.52. The molecule has 1 N–H and O–H groups in total. The number of ether oxygens (including phenoxy) is 1. The fraction of sp³-hybridized carbons (Fsp3) is 0.818. The summed E-state index contributed by atoms with van der Waals surface area (Å²) in [5, 5.41) is 17.4. The van der Waals surface area contributed by atoms with Crippen molar-refractivity contribution in [1.29, 1.82) is 5.26 Å². The van der Waals surface area contributed by atoms with Gasteiger partial charge >= 0.3 is 5.97 Å². The smallest absolute Gasteiger partial charge is 0.318 e. The molecule has 0 saturated carbocycles. The number of carboxylic acids is 1. The summed E-state index contributed by atoms with van der Waals surface area (Å²) in [5.74, 6) is -1.23. The van der Waals surface area contributed by atoms with Gasteiger partial charge in [0.15, 0.2) is 0 Å². The zero-order valence-electron chi connectivity index (χ0n) is 11.9. The van der Waals surface area contributed by atoms with Gasteiger partial charge in [-0.25, -0.2) is 0 Å². The minimum Gasteiger partial charge on any atom is -0.480 e. The Balaban J connectivity index is 5.22. The lowest BCUT2D eigenvalue weighted by Gasteiger charge is -2.30. The molecule has 9 heteroatoms.